The SMILES string of the molecule is CC(C)(C)NC(=O)c1cc(O)ccc1Cl. The molecular formula is C11H14ClNO2. The highest BCUT2D eigenvalue weighted by Crippen LogP contribution is 2.21. The van der Waals surface area contributed by atoms with Crippen LogP contribution in [0.1, 0.15) is 31.1 Å². The summed E-state index contributed by atoms with van der Waals surface area (Å²) >= 11 is 5.85. The van der Waals surface area contributed by atoms with Crippen molar-refractivity contribution in [2.24, 2.45) is 0 Å². The zero-order chi connectivity index (χ0) is 11.6. The molecule has 0 aliphatic rings. The second-order valence-electron chi connectivity index (χ2n) is 4.37. The summed E-state index contributed by atoms with van der Waals surface area (Å²) in [7, 11) is 0. The maximum Gasteiger partial charge on any atom is 0.253 e. The molecule has 2 N–H and O–H groups in total. The molecule has 15 heavy (non-hydrogen) atoms. The highest BCUT2D eigenvalue weighted by atomic mass is 35.5. The van der Waals surface area contributed by atoms with Crippen molar-refractivity contribution in [3.8, 4) is 5.75 Å². The van der Waals surface area contributed by atoms with Crippen LogP contribution in [0.25, 0.3) is 0 Å². The highest BCUT2D eigenvalue weighted by molar-refractivity contribution is 6.33. The highest BCUT2D eigenvalue weighted by Gasteiger charge is 2.17. The Morgan fingerprint density at radius 1 is 1.40 bits per heavy atom. The molecule has 0 aromatic heterocycles. The van der Waals surface area contributed by atoms with Crippen LogP contribution in [0, 0.1) is 0 Å². The molecule has 3 nitrogen and oxygen atoms in total. The number of phenols is 1. The van der Waals surface area contributed by atoms with E-state index in [0.29, 0.717) is 5.02 Å². The van der Waals surface area contributed by atoms with Crippen LogP contribution in [0.5, 0.6) is 5.75 Å². The number of nitrogens with one attached hydrogen (secondary N) is 1. The molecule has 0 heterocycles. The second kappa shape index (κ2) is 4.11. The van der Waals surface area contributed by atoms with Crippen molar-refractivity contribution in [3.63, 3.8) is 0 Å². The monoisotopic (exact) mass is 227 g/mol. The number of amides is 1. The smallest absolute Gasteiger partial charge is 0.253 e. The van der Waals surface area contributed by atoms with Gasteiger partial charge in [0, 0.05) is 5.54 Å². The van der Waals surface area contributed by atoms with E-state index in [-0.39, 0.29) is 22.8 Å². The van der Waals surface area contributed by atoms with E-state index in [0.717, 1.165) is 0 Å². The molecule has 0 saturated heterocycles. The summed E-state index contributed by atoms with van der Waals surface area (Å²) in [5.41, 5.74) is -0.0436. The number of phenolic OH excluding ortho intramolecular Hbond substituents is 1. The molecule has 0 aliphatic heterocycles. The third-order valence-electron chi connectivity index (χ3n) is 1.68. The molecule has 1 aromatic carbocycles. The first-order valence-electron chi connectivity index (χ1n) is 4.60. The first kappa shape index (κ1) is 11.9. The quantitative estimate of drug-likeness (QED) is 0.775. The van der Waals surface area contributed by atoms with E-state index in [1.165, 1.54) is 18.2 Å². The Hall–Kier alpha value is -1.22. The van der Waals surface area contributed by atoms with Gasteiger partial charge in [0.05, 0.1) is 10.6 Å². The lowest BCUT2D eigenvalue weighted by Crippen LogP contribution is -2.40. The van der Waals surface area contributed by atoms with Crippen molar-refractivity contribution >= 4 is 17.5 Å². The van der Waals surface area contributed by atoms with Crippen LogP contribution < -0.4 is 5.32 Å². The zero-order valence-corrected chi connectivity index (χ0v) is 9.72. The number of benzene rings is 1. The molecule has 82 valence electrons. The summed E-state index contributed by atoms with van der Waals surface area (Å²) in [6.45, 7) is 5.63. The van der Waals surface area contributed by atoms with E-state index in [9.17, 15) is 9.90 Å². The Morgan fingerprint density at radius 3 is 2.53 bits per heavy atom. The molecule has 0 aliphatic carbocycles. The van der Waals surface area contributed by atoms with Gasteiger partial charge in [0.1, 0.15) is 5.75 Å². The van der Waals surface area contributed by atoms with E-state index in [1.54, 1.807) is 0 Å². The minimum absolute atomic E-state index is 0.0264. The predicted octanol–water partition coefficient (Wildman–Crippen LogP) is 2.57. The number of aromatic hydroxyl groups is 1. The first-order chi connectivity index (χ1) is 6.79. The lowest BCUT2D eigenvalue weighted by molar-refractivity contribution is 0.0919. The van der Waals surface area contributed by atoms with Crippen LogP contribution in [0.3, 0.4) is 0 Å². The van der Waals surface area contributed by atoms with Gasteiger partial charge < -0.3 is 10.4 Å². The zero-order valence-electron chi connectivity index (χ0n) is 8.97. The lowest BCUT2D eigenvalue weighted by atomic mass is 10.1. The first-order valence-corrected chi connectivity index (χ1v) is 4.98. The largest absolute Gasteiger partial charge is 0.508 e. The molecule has 0 unspecified atom stereocenters. The van der Waals surface area contributed by atoms with Crippen LogP contribution in [0.2, 0.25) is 5.02 Å². The van der Waals surface area contributed by atoms with Gasteiger partial charge in [-0.25, -0.2) is 0 Å². The Kier molecular flexibility index (Phi) is 3.25. The van der Waals surface area contributed by atoms with Crippen molar-refractivity contribution in [3.05, 3.63) is 28.8 Å². The van der Waals surface area contributed by atoms with Gasteiger partial charge in [-0.3, -0.25) is 4.79 Å². The molecule has 1 amide bonds. The molecule has 0 atom stereocenters. The van der Waals surface area contributed by atoms with Gasteiger partial charge >= 0.3 is 0 Å². The van der Waals surface area contributed by atoms with Gasteiger partial charge in [0.25, 0.3) is 5.91 Å². The van der Waals surface area contributed by atoms with E-state index < -0.39 is 0 Å². The van der Waals surface area contributed by atoms with Gasteiger partial charge in [0.15, 0.2) is 0 Å². The summed E-state index contributed by atoms with van der Waals surface area (Å²) < 4.78 is 0. The minimum atomic E-state index is -0.328. The molecule has 0 saturated carbocycles. The van der Waals surface area contributed by atoms with Crippen molar-refractivity contribution in [1.82, 2.24) is 5.32 Å². The number of halogens is 1. The molecule has 1 rings (SSSR count). The third kappa shape index (κ3) is 3.44. The summed E-state index contributed by atoms with van der Waals surface area (Å²) in [6, 6.07) is 4.29. The number of rotatable bonds is 1. The van der Waals surface area contributed by atoms with Gasteiger partial charge in [-0.2, -0.15) is 0 Å². The lowest BCUT2D eigenvalue weighted by Gasteiger charge is -2.20. The minimum Gasteiger partial charge on any atom is -0.508 e. The van der Waals surface area contributed by atoms with E-state index in [4.69, 9.17) is 11.6 Å². The van der Waals surface area contributed by atoms with Crippen molar-refractivity contribution in [1.29, 1.82) is 0 Å². The number of hydrogen-bond donors (Lipinski definition) is 2. The molecule has 1 aromatic rings. The normalized spacial score (nSPS) is 11.2. The maximum absolute atomic E-state index is 11.7. The molecule has 0 radical (unpaired) electrons. The summed E-state index contributed by atoms with van der Waals surface area (Å²) in [5, 5.41) is 12.3. The fourth-order valence-electron chi connectivity index (χ4n) is 1.10. The standard InChI is InChI=1S/C11H14ClNO2/c1-11(2,3)13-10(15)8-6-7(14)4-5-9(8)12/h4-6,14H,1-3H3,(H,13,15). The average Bonchev–Trinajstić information content (AvgIpc) is 2.06. The second-order valence-corrected chi connectivity index (χ2v) is 4.78. The molecule has 0 bridgehead atoms. The topological polar surface area (TPSA) is 49.3 Å². The summed E-state index contributed by atoms with van der Waals surface area (Å²) in [4.78, 5) is 11.7. The Morgan fingerprint density at radius 2 is 2.00 bits per heavy atom. The third-order valence-corrected chi connectivity index (χ3v) is 2.01. The fourth-order valence-corrected chi connectivity index (χ4v) is 1.30. The Bertz CT molecular complexity index is 383. The van der Waals surface area contributed by atoms with Gasteiger partial charge in [-0.1, -0.05) is 11.6 Å². The van der Waals surface area contributed by atoms with E-state index in [2.05, 4.69) is 5.32 Å². The number of carbonyl (C=O) groups is 1. The molecule has 0 fully saturated rings. The van der Waals surface area contributed by atoms with Gasteiger partial charge in [-0.05, 0) is 39.0 Å². The van der Waals surface area contributed by atoms with Gasteiger partial charge in [0.2, 0.25) is 0 Å². The van der Waals surface area contributed by atoms with Crippen molar-refractivity contribution in [2.45, 2.75) is 26.3 Å². The number of hydrogen-bond acceptors (Lipinski definition) is 2. The number of carbonyl (C=O) groups excluding carboxylic acids is 1. The van der Waals surface area contributed by atoms with Crippen LogP contribution in [0.4, 0.5) is 0 Å². The van der Waals surface area contributed by atoms with E-state index in [1.807, 2.05) is 20.8 Å². The molecular weight excluding hydrogens is 214 g/mol. The Balaban J connectivity index is 2.96. The van der Waals surface area contributed by atoms with Crippen LogP contribution in [-0.2, 0) is 0 Å². The van der Waals surface area contributed by atoms with E-state index >= 15 is 0 Å². The Labute approximate surface area is 94.1 Å². The van der Waals surface area contributed by atoms with Crippen LogP contribution >= 0.6 is 11.6 Å². The van der Waals surface area contributed by atoms with Crippen LogP contribution in [0.15, 0.2) is 18.2 Å². The molecule has 4 heteroatoms. The van der Waals surface area contributed by atoms with Gasteiger partial charge in [-0.15, -0.1) is 0 Å². The summed E-state index contributed by atoms with van der Waals surface area (Å²) in [6.07, 6.45) is 0. The fraction of sp³-hybridized carbons (Fsp3) is 0.364. The summed E-state index contributed by atoms with van der Waals surface area (Å²) in [5.74, 6) is -0.262. The average molecular weight is 228 g/mol. The van der Waals surface area contributed by atoms with Crippen LogP contribution in [-0.4, -0.2) is 16.6 Å². The predicted molar refractivity (Wildman–Crippen MR) is 60.3 cm³/mol. The molecule has 0 spiro atoms. The van der Waals surface area contributed by atoms with Crippen molar-refractivity contribution < 1.29 is 9.90 Å². The van der Waals surface area contributed by atoms with Crippen molar-refractivity contribution in [2.75, 3.05) is 0 Å². The maximum atomic E-state index is 11.7.